The lowest BCUT2D eigenvalue weighted by Crippen LogP contribution is -1.94. The molecule has 0 fully saturated rings. The Kier molecular flexibility index (Phi) is 3.84. The highest BCUT2D eigenvalue weighted by Crippen LogP contribution is 2.22. The number of nitriles is 1. The van der Waals surface area contributed by atoms with E-state index >= 15 is 0 Å². The number of hydrogen-bond acceptors (Lipinski definition) is 4. The summed E-state index contributed by atoms with van der Waals surface area (Å²) in [7, 11) is 0. The van der Waals surface area contributed by atoms with Crippen molar-refractivity contribution in [2.45, 2.75) is 6.92 Å². The van der Waals surface area contributed by atoms with E-state index in [9.17, 15) is 0 Å². The molecule has 3 aromatic rings. The van der Waals surface area contributed by atoms with Crippen LogP contribution in [0.5, 0.6) is 5.75 Å². The van der Waals surface area contributed by atoms with Crippen LogP contribution in [0.3, 0.4) is 0 Å². The van der Waals surface area contributed by atoms with Crippen LogP contribution in [0.25, 0.3) is 16.9 Å². The highest BCUT2D eigenvalue weighted by molar-refractivity contribution is 5.60. The van der Waals surface area contributed by atoms with E-state index in [1.807, 2.05) is 49.5 Å². The van der Waals surface area contributed by atoms with Gasteiger partial charge in [0.1, 0.15) is 11.4 Å². The van der Waals surface area contributed by atoms with Crippen LogP contribution in [0.4, 0.5) is 0 Å². The van der Waals surface area contributed by atoms with Crippen LogP contribution in [-0.2, 0) is 0 Å². The van der Waals surface area contributed by atoms with E-state index in [1.165, 1.54) is 0 Å². The summed E-state index contributed by atoms with van der Waals surface area (Å²) in [6.45, 7) is 2.57. The fourth-order valence-corrected chi connectivity index (χ4v) is 2.15. The summed E-state index contributed by atoms with van der Waals surface area (Å²) < 4.78 is 7.15. The first kappa shape index (κ1) is 13.8. The van der Waals surface area contributed by atoms with E-state index in [2.05, 4.69) is 16.4 Å². The Hall–Kier alpha value is -3.13. The van der Waals surface area contributed by atoms with Crippen molar-refractivity contribution in [3.63, 3.8) is 0 Å². The minimum atomic E-state index is 0.591. The fourth-order valence-electron chi connectivity index (χ4n) is 2.15. The molecular weight excluding hydrogens is 276 g/mol. The Labute approximate surface area is 128 Å². The second kappa shape index (κ2) is 6.10. The molecule has 0 aliphatic heterocycles. The molecule has 1 aromatic heterocycles. The van der Waals surface area contributed by atoms with Gasteiger partial charge in [0.25, 0.3) is 0 Å². The van der Waals surface area contributed by atoms with Gasteiger partial charge in [0.15, 0.2) is 0 Å². The molecule has 0 saturated heterocycles. The van der Waals surface area contributed by atoms with Crippen molar-refractivity contribution in [3.8, 4) is 28.8 Å². The minimum Gasteiger partial charge on any atom is -0.494 e. The topological polar surface area (TPSA) is 63.7 Å². The molecule has 108 valence electrons. The summed E-state index contributed by atoms with van der Waals surface area (Å²) in [6.07, 6.45) is 1.83. The summed E-state index contributed by atoms with van der Waals surface area (Å²) in [4.78, 5) is 0. The molecular formula is C17H14N4O. The van der Waals surface area contributed by atoms with E-state index in [0.29, 0.717) is 12.2 Å². The third kappa shape index (κ3) is 2.81. The van der Waals surface area contributed by atoms with Gasteiger partial charge in [0.2, 0.25) is 0 Å². The maximum Gasteiger partial charge on any atom is 0.119 e. The largest absolute Gasteiger partial charge is 0.494 e. The van der Waals surface area contributed by atoms with Crippen LogP contribution < -0.4 is 4.74 Å². The van der Waals surface area contributed by atoms with Crippen molar-refractivity contribution in [2.75, 3.05) is 6.61 Å². The molecule has 0 N–H and O–H groups in total. The molecule has 0 aliphatic carbocycles. The first-order valence-electron chi connectivity index (χ1n) is 6.96. The molecule has 3 rings (SSSR count). The molecule has 0 unspecified atom stereocenters. The smallest absolute Gasteiger partial charge is 0.119 e. The molecule has 0 bridgehead atoms. The van der Waals surface area contributed by atoms with Gasteiger partial charge in [-0.2, -0.15) is 5.26 Å². The second-order valence-electron chi connectivity index (χ2n) is 4.67. The van der Waals surface area contributed by atoms with Gasteiger partial charge in [-0.15, -0.1) is 5.10 Å². The van der Waals surface area contributed by atoms with Gasteiger partial charge in [-0.05, 0) is 37.3 Å². The SMILES string of the molecule is CCOc1cccc(-c2cn(-c3cccc(C#N)c3)nn2)c1. The molecule has 0 saturated carbocycles. The lowest BCUT2D eigenvalue weighted by Gasteiger charge is -2.03. The van der Waals surface area contributed by atoms with E-state index in [1.54, 1.807) is 16.8 Å². The van der Waals surface area contributed by atoms with E-state index in [-0.39, 0.29) is 0 Å². The molecule has 5 heteroatoms. The molecule has 5 nitrogen and oxygen atoms in total. The van der Waals surface area contributed by atoms with Crippen molar-refractivity contribution in [1.82, 2.24) is 15.0 Å². The predicted octanol–water partition coefficient (Wildman–Crippen LogP) is 3.20. The predicted molar refractivity (Wildman–Crippen MR) is 82.7 cm³/mol. The van der Waals surface area contributed by atoms with E-state index in [4.69, 9.17) is 10.00 Å². The highest BCUT2D eigenvalue weighted by Gasteiger charge is 2.07. The first-order chi connectivity index (χ1) is 10.8. The van der Waals surface area contributed by atoms with Crippen LogP contribution in [0.1, 0.15) is 12.5 Å². The van der Waals surface area contributed by atoms with Crippen molar-refractivity contribution in [2.24, 2.45) is 0 Å². The molecule has 0 spiro atoms. The molecule has 0 amide bonds. The normalized spacial score (nSPS) is 10.2. The maximum absolute atomic E-state index is 8.96. The van der Waals surface area contributed by atoms with Crippen molar-refractivity contribution < 1.29 is 4.74 Å². The maximum atomic E-state index is 8.96. The molecule has 2 aromatic carbocycles. The lowest BCUT2D eigenvalue weighted by atomic mass is 10.1. The van der Waals surface area contributed by atoms with Crippen molar-refractivity contribution in [3.05, 3.63) is 60.3 Å². The Morgan fingerprint density at radius 2 is 2.05 bits per heavy atom. The quantitative estimate of drug-likeness (QED) is 0.740. The van der Waals surface area contributed by atoms with Gasteiger partial charge >= 0.3 is 0 Å². The monoisotopic (exact) mass is 290 g/mol. The van der Waals surface area contributed by atoms with Crippen LogP contribution >= 0.6 is 0 Å². The average molecular weight is 290 g/mol. The molecule has 22 heavy (non-hydrogen) atoms. The Morgan fingerprint density at radius 3 is 2.86 bits per heavy atom. The Bertz CT molecular complexity index is 832. The van der Waals surface area contributed by atoms with Crippen molar-refractivity contribution in [1.29, 1.82) is 5.26 Å². The van der Waals surface area contributed by atoms with Gasteiger partial charge in [0.05, 0.1) is 30.1 Å². The summed E-state index contributed by atoms with van der Waals surface area (Å²) >= 11 is 0. The summed E-state index contributed by atoms with van der Waals surface area (Å²) in [6, 6.07) is 17.1. The third-order valence-corrected chi connectivity index (χ3v) is 3.17. The van der Waals surface area contributed by atoms with Crippen LogP contribution in [-0.4, -0.2) is 21.6 Å². The minimum absolute atomic E-state index is 0.591. The summed E-state index contributed by atoms with van der Waals surface area (Å²) in [5.74, 6) is 0.807. The number of nitrogens with zero attached hydrogens (tertiary/aromatic N) is 4. The fraction of sp³-hybridized carbons (Fsp3) is 0.118. The molecule has 0 radical (unpaired) electrons. The molecule has 0 atom stereocenters. The number of aromatic nitrogens is 3. The second-order valence-corrected chi connectivity index (χ2v) is 4.67. The lowest BCUT2D eigenvalue weighted by molar-refractivity contribution is 0.340. The van der Waals surface area contributed by atoms with Gasteiger partial charge in [-0.1, -0.05) is 23.4 Å². The first-order valence-corrected chi connectivity index (χ1v) is 6.96. The number of benzene rings is 2. The van der Waals surface area contributed by atoms with Gasteiger partial charge in [-0.25, -0.2) is 4.68 Å². The van der Waals surface area contributed by atoms with Gasteiger partial charge < -0.3 is 4.74 Å². The zero-order chi connectivity index (χ0) is 15.4. The standard InChI is InChI=1S/C17H14N4O/c1-2-22-16-8-4-6-14(10-16)17-12-21(20-19-17)15-7-3-5-13(9-15)11-18/h3-10,12H,2H2,1H3. The molecule has 1 heterocycles. The average Bonchev–Trinajstić information content (AvgIpc) is 3.06. The van der Waals surface area contributed by atoms with E-state index in [0.717, 1.165) is 22.7 Å². The Morgan fingerprint density at radius 1 is 1.18 bits per heavy atom. The van der Waals surface area contributed by atoms with E-state index < -0.39 is 0 Å². The zero-order valence-electron chi connectivity index (χ0n) is 12.1. The van der Waals surface area contributed by atoms with Crippen LogP contribution in [0.2, 0.25) is 0 Å². The van der Waals surface area contributed by atoms with Crippen LogP contribution in [0, 0.1) is 11.3 Å². The zero-order valence-corrected chi connectivity index (χ0v) is 12.1. The van der Waals surface area contributed by atoms with Crippen LogP contribution in [0.15, 0.2) is 54.7 Å². The highest BCUT2D eigenvalue weighted by atomic mass is 16.5. The van der Waals surface area contributed by atoms with Gasteiger partial charge in [-0.3, -0.25) is 0 Å². The molecule has 0 aliphatic rings. The number of hydrogen-bond donors (Lipinski definition) is 0. The Balaban J connectivity index is 1.93. The number of ether oxygens (including phenoxy) is 1. The third-order valence-electron chi connectivity index (χ3n) is 3.17. The number of rotatable bonds is 4. The van der Waals surface area contributed by atoms with Crippen molar-refractivity contribution >= 4 is 0 Å². The summed E-state index contributed by atoms with van der Waals surface area (Å²) in [5, 5.41) is 17.3. The summed E-state index contributed by atoms with van der Waals surface area (Å²) in [5.41, 5.74) is 3.09. The van der Waals surface area contributed by atoms with Gasteiger partial charge in [0, 0.05) is 5.56 Å².